The molecule has 1 aromatic heterocycles. The van der Waals surface area contributed by atoms with Gasteiger partial charge in [-0.1, -0.05) is 24.3 Å². The predicted molar refractivity (Wildman–Crippen MR) is 124 cm³/mol. The van der Waals surface area contributed by atoms with Gasteiger partial charge in [-0.3, -0.25) is 19.8 Å². The topological polar surface area (TPSA) is 124 Å². The van der Waals surface area contributed by atoms with Gasteiger partial charge in [-0.15, -0.1) is 0 Å². The third-order valence-electron chi connectivity index (χ3n) is 5.18. The average Bonchev–Trinajstić information content (AvgIpc) is 3.13. The summed E-state index contributed by atoms with van der Waals surface area (Å²) in [5.41, 5.74) is 0.547. The van der Waals surface area contributed by atoms with Crippen LogP contribution >= 0.6 is 15.9 Å². The highest BCUT2D eigenvalue weighted by Crippen LogP contribution is 2.26. The highest BCUT2D eigenvalue weighted by molar-refractivity contribution is 9.10. The van der Waals surface area contributed by atoms with Gasteiger partial charge in [0.2, 0.25) is 5.91 Å². The summed E-state index contributed by atoms with van der Waals surface area (Å²) in [6.07, 6.45) is -2.69. The van der Waals surface area contributed by atoms with Crippen molar-refractivity contribution in [1.82, 2.24) is 9.88 Å². The van der Waals surface area contributed by atoms with Crippen LogP contribution < -0.4 is 10.6 Å². The van der Waals surface area contributed by atoms with Gasteiger partial charge in [-0.05, 0) is 34.1 Å². The maximum atomic E-state index is 14.6. The van der Waals surface area contributed by atoms with E-state index in [9.17, 15) is 18.8 Å². The van der Waals surface area contributed by atoms with Crippen LogP contribution in [0.2, 0.25) is 0 Å². The quantitative estimate of drug-likeness (QED) is 0.363. The van der Waals surface area contributed by atoms with Gasteiger partial charge < -0.3 is 20.3 Å². The van der Waals surface area contributed by atoms with E-state index in [0.29, 0.717) is 15.9 Å². The fourth-order valence-corrected chi connectivity index (χ4v) is 3.94. The molecule has 33 heavy (non-hydrogen) atoms. The number of carbonyl (C=O) groups excluding carboxylic acids is 3. The smallest absolute Gasteiger partial charge is 0.251 e. The number of Topliss-reactive ketones (excluding diaryl/α,β-unsaturated/α-hetero) is 1. The normalized spacial score (nSPS) is 19.8. The molecule has 1 aliphatic heterocycles. The largest absolute Gasteiger partial charge is 0.376 e. The van der Waals surface area contributed by atoms with Crippen LogP contribution in [0.5, 0.6) is 0 Å². The zero-order valence-electron chi connectivity index (χ0n) is 18.0. The molecule has 3 rings (SSSR count). The molecule has 0 aliphatic carbocycles. The van der Waals surface area contributed by atoms with Gasteiger partial charge in [0.25, 0.3) is 5.91 Å². The molecule has 1 fully saturated rings. The second kappa shape index (κ2) is 10.6. The molecule has 1 aliphatic rings. The van der Waals surface area contributed by atoms with Crippen molar-refractivity contribution >= 4 is 50.7 Å². The first-order valence-corrected chi connectivity index (χ1v) is 10.8. The number of ketones is 1. The van der Waals surface area contributed by atoms with Crippen LogP contribution in [0, 0.1) is 5.41 Å². The first kappa shape index (κ1) is 24.5. The van der Waals surface area contributed by atoms with Crippen LogP contribution in [0.3, 0.4) is 0 Å². The van der Waals surface area contributed by atoms with Crippen molar-refractivity contribution in [2.45, 2.75) is 25.2 Å². The van der Waals surface area contributed by atoms with Crippen LogP contribution in [0.25, 0.3) is 0 Å². The van der Waals surface area contributed by atoms with Crippen molar-refractivity contribution in [2.75, 3.05) is 30.8 Å². The minimum absolute atomic E-state index is 0.200. The number of alkyl halides is 1. The third-order valence-corrected chi connectivity index (χ3v) is 5.62. The maximum absolute atomic E-state index is 14.6. The molecule has 9 nitrogen and oxygen atoms in total. The number of nitrogens with one attached hydrogen (secondary N) is 3. The molecule has 0 unspecified atom stereocenters. The summed E-state index contributed by atoms with van der Waals surface area (Å²) in [7, 11) is 1.28. The fraction of sp³-hybridized carbons (Fsp3) is 0.318. The van der Waals surface area contributed by atoms with E-state index in [1.807, 2.05) is 0 Å². The Hall–Kier alpha value is -3.18. The summed E-state index contributed by atoms with van der Waals surface area (Å²) in [6, 6.07) is 10.3. The molecule has 174 valence electrons. The number of benzene rings is 1. The lowest BCUT2D eigenvalue weighted by Crippen LogP contribution is -2.50. The average molecular weight is 520 g/mol. The monoisotopic (exact) mass is 519 g/mol. The van der Waals surface area contributed by atoms with Gasteiger partial charge in [0.1, 0.15) is 34.5 Å². The molecule has 11 heteroatoms. The Bertz CT molecular complexity index is 1080. The Kier molecular flexibility index (Phi) is 7.88. The Morgan fingerprint density at radius 1 is 1.24 bits per heavy atom. The Morgan fingerprint density at radius 3 is 2.64 bits per heavy atom. The van der Waals surface area contributed by atoms with E-state index in [-0.39, 0.29) is 24.6 Å². The van der Waals surface area contributed by atoms with Crippen molar-refractivity contribution in [3.63, 3.8) is 0 Å². The second-order valence-corrected chi connectivity index (χ2v) is 8.18. The second-order valence-electron chi connectivity index (χ2n) is 7.37. The molecule has 1 saturated heterocycles. The van der Waals surface area contributed by atoms with E-state index in [1.54, 1.807) is 42.5 Å². The van der Waals surface area contributed by atoms with E-state index in [2.05, 4.69) is 31.5 Å². The van der Waals surface area contributed by atoms with Gasteiger partial charge in [-0.25, -0.2) is 9.37 Å². The van der Waals surface area contributed by atoms with Gasteiger partial charge >= 0.3 is 0 Å². The Balaban J connectivity index is 1.76. The van der Waals surface area contributed by atoms with E-state index in [1.165, 1.54) is 14.0 Å². The van der Waals surface area contributed by atoms with E-state index >= 15 is 0 Å². The van der Waals surface area contributed by atoms with Crippen molar-refractivity contribution in [3.05, 3.63) is 52.6 Å². The van der Waals surface area contributed by atoms with Crippen molar-refractivity contribution in [2.24, 2.45) is 0 Å². The maximum Gasteiger partial charge on any atom is 0.251 e. The standard InChI is InChI=1S/C22H23BrFN5O4/c1-12(30)19(25)13-6-3-4-7-15(13)26-10-18(31)29-11-14(24)21(33-2)20(29)22(32)28-17-9-5-8-16(23)27-17/h3-9,14,20-21,25-26H,10-11H2,1-2H3,(H,27,28,32)/t14-,20-,21+/m0/s1. The molecule has 0 radical (unpaired) electrons. The van der Waals surface area contributed by atoms with Gasteiger partial charge in [-0.2, -0.15) is 0 Å². The summed E-state index contributed by atoms with van der Waals surface area (Å²) < 4.78 is 20.3. The van der Waals surface area contributed by atoms with E-state index in [4.69, 9.17) is 10.1 Å². The van der Waals surface area contributed by atoms with Crippen molar-refractivity contribution in [1.29, 1.82) is 5.41 Å². The Labute approximate surface area is 198 Å². The summed E-state index contributed by atoms with van der Waals surface area (Å²) in [5.74, 6) is -1.34. The number of hydrogen-bond donors (Lipinski definition) is 3. The number of pyridine rings is 1. The van der Waals surface area contributed by atoms with Crippen LogP contribution in [0.4, 0.5) is 15.9 Å². The Morgan fingerprint density at radius 2 is 1.97 bits per heavy atom. The molecule has 0 spiro atoms. The summed E-state index contributed by atoms with van der Waals surface area (Å²) in [6.45, 7) is 0.697. The number of carbonyl (C=O) groups is 3. The SMILES string of the molecule is CO[C@H]1[C@@H](C(=O)Nc2cccc(Br)n2)N(C(=O)CNc2ccccc2C(=N)C(C)=O)C[C@@H]1F. The van der Waals surface area contributed by atoms with Gasteiger partial charge in [0, 0.05) is 25.3 Å². The number of anilines is 2. The number of halogens is 2. The number of rotatable bonds is 8. The molecule has 2 aromatic rings. The minimum Gasteiger partial charge on any atom is -0.376 e. The third kappa shape index (κ3) is 5.60. The molecule has 2 heterocycles. The number of methoxy groups -OCH3 is 1. The van der Waals surface area contributed by atoms with Crippen LogP contribution in [0.1, 0.15) is 12.5 Å². The number of para-hydroxylation sites is 1. The molecule has 0 saturated carbocycles. The van der Waals surface area contributed by atoms with Crippen molar-refractivity contribution in [3.8, 4) is 0 Å². The fourth-order valence-electron chi connectivity index (χ4n) is 3.60. The number of ether oxygens (including phenoxy) is 1. The van der Waals surface area contributed by atoms with E-state index in [0.717, 1.165) is 4.90 Å². The molecule has 0 bridgehead atoms. The highest BCUT2D eigenvalue weighted by atomic mass is 79.9. The number of aromatic nitrogens is 1. The summed E-state index contributed by atoms with van der Waals surface area (Å²) >= 11 is 3.22. The lowest BCUT2D eigenvalue weighted by molar-refractivity contribution is -0.137. The molecule has 3 N–H and O–H groups in total. The number of amides is 2. The lowest BCUT2D eigenvalue weighted by atomic mass is 10.1. The minimum atomic E-state index is -1.55. The van der Waals surface area contributed by atoms with Crippen LogP contribution in [-0.2, 0) is 19.1 Å². The lowest BCUT2D eigenvalue weighted by Gasteiger charge is -2.26. The summed E-state index contributed by atoms with van der Waals surface area (Å²) in [4.78, 5) is 42.8. The van der Waals surface area contributed by atoms with Crippen molar-refractivity contribution < 1.29 is 23.5 Å². The first-order valence-electron chi connectivity index (χ1n) is 10.1. The van der Waals surface area contributed by atoms with Gasteiger partial charge in [0.05, 0.1) is 13.1 Å². The number of nitrogens with zero attached hydrogens (tertiary/aromatic N) is 2. The first-order chi connectivity index (χ1) is 15.7. The predicted octanol–water partition coefficient (Wildman–Crippen LogP) is 2.42. The van der Waals surface area contributed by atoms with Gasteiger partial charge in [0.15, 0.2) is 5.78 Å². The molecule has 3 atom stereocenters. The van der Waals surface area contributed by atoms with Crippen LogP contribution in [-0.4, -0.2) is 71.7 Å². The molecular formula is C22H23BrFN5O4. The summed E-state index contributed by atoms with van der Waals surface area (Å²) in [5, 5.41) is 13.4. The zero-order valence-corrected chi connectivity index (χ0v) is 19.6. The number of likely N-dealkylation sites (tertiary alicyclic amines) is 1. The molecule has 2 amide bonds. The molecular weight excluding hydrogens is 497 g/mol. The van der Waals surface area contributed by atoms with E-state index < -0.39 is 35.9 Å². The highest BCUT2D eigenvalue weighted by Gasteiger charge is 2.48. The number of hydrogen-bond acceptors (Lipinski definition) is 7. The zero-order chi connectivity index (χ0) is 24.1. The van der Waals surface area contributed by atoms with Crippen LogP contribution in [0.15, 0.2) is 47.1 Å². The molecule has 1 aromatic carbocycles.